The highest BCUT2D eigenvalue weighted by Crippen LogP contribution is 2.16. The number of likely N-dealkylation sites (N-methyl/N-ethyl adjacent to an activating group) is 1. The van der Waals surface area contributed by atoms with Gasteiger partial charge in [-0.15, -0.1) is 24.0 Å². The summed E-state index contributed by atoms with van der Waals surface area (Å²) in [7, 11) is 9.53. The summed E-state index contributed by atoms with van der Waals surface area (Å²) in [6, 6.07) is 0.462. The van der Waals surface area contributed by atoms with Gasteiger partial charge in [-0.1, -0.05) is 0 Å². The van der Waals surface area contributed by atoms with Crippen molar-refractivity contribution in [2.75, 3.05) is 34.8 Å². The van der Waals surface area contributed by atoms with Gasteiger partial charge in [-0.05, 0) is 20.5 Å². The molecule has 2 unspecified atom stereocenters. The number of methoxy groups -OCH3 is 1. The minimum atomic E-state index is 0. The number of nitrogens with one attached hydrogen (secondary N) is 2. The van der Waals surface area contributed by atoms with Crippen molar-refractivity contribution in [2.45, 2.75) is 38.1 Å². The van der Waals surface area contributed by atoms with Gasteiger partial charge in [0.15, 0.2) is 11.8 Å². The van der Waals surface area contributed by atoms with Crippen molar-refractivity contribution < 1.29 is 4.74 Å². The summed E-state index contributed by atoms with van der Waals surface area (Å²) in [5.74, 6) is 2.56. The number of aryl methyl sites for hydroxylation is 2. The average molecular weight is 517 g/mol. The number of nitrogens with zero attached hydrogens (tertiary/aromatic N) is 7. The number of aromatic nitrogens is 5. The monoisotopic (exact) mass is 517 g/mol. The van der Waals surface area contributed by atoms with Crippen molar-refractivity contribution in [1.29, 1.82) is 0 Å². The van der Waals surface area contributed by atoms with Crippen molar-refractivity contribution >= 4 is 29.9 Å². The maximum absolute atomic E-state index is 5.13. The molecule has 0 aromatic carbocycles. The maximum atomic E-state index is 5.13. The third-order valence-corrected chi connectivity index (χ3v) is 4.94. The molecule has 3 heterocycles. The molecule has 1 aliphatic heterocycles. The zero-order chi connectivity index (χ0) is 20.1. The molecule has 0 saturated carbocycles. The van der Waals surface area contributed by atoms with E-state index in [2.05, 4.69) is 49.8 Å². The highest BCUT2D eigenvalue weighted by Gasteiger charge is 2.23. The van der Waals surface area contributed by atoms with Gasteiger partial charge in [-0.3, -0.25) is 9.67 Å². The Hall–Kier alpha value is -1.73. The number of guanidine groups is 1. The van der Waals surface area contributed by atoms with E-state index in [0.29, 0.717) is 6.61 Å². The predicted molar refractivity (Wildman–Crippen MR) is 122 cm³/mol. The Balaban J connectivity index is 0.00000300. The zero-order valence-electron chi connectivity index (χ0n) is 17.8. The lowest BCUT2D eigenvalue weighted by molar-refractivity contribution is 0.177. The van der Waals surface area contributed by atoms with E-state index in [4.69, 9.17) is 4.74 Å². The zero-order valence-corrected chi connectivity index (χ0v) is 20.1. The Kier molecular flexibility index (Phi) is 8.83. The number of rotatable bonds is 7. The second-order valence-electron chi connectivity index (χ2n) is 7.32. The molecule has 2 aromatic rings. The fourth-order valence-electron chi connectivity index (χ4n) is 3.46. The Bertz CT molecular complexity index is 801. The van der Waals surface area contributed by atoms with Crippen molar-refractivity contribution in [3.05, 3.63) is 29.6 Å². The molecule has 0 radical (unpaired) electrons. The summed E-state index contributed by atoms with van der Waals surface area (Å²) in [5, 5.41) is 15.8. The first-order valence-corrected chi connectivity index (χ1v) is 9.53. The van der Waals surface area contributed by atoms with E-state index in [1.54, 1.807) is 14.2 Å². The molecule has 0 saturated heterocycles. The second-order valence-corrected chi connectivity index (χ2v) is 7.32. The summed E-state index contributed by atoms with van der Waals surface area (Å²) in [6.07, 6.45) is 5.84. The topological polar surface area (TPSA) is 97.4 Å². The highest BCUT2D eigenvalue weighted by molar-refractivity contribution is 14.0. The van der Waals surface area contributed by atoms with E-state index in [1.807, 2.05) is 28.8 Å². The van der Waals surface area contributed by atoms with Gasteiger partial charge in [0.2, 0.25) is 0 Å². The van der Waals surface area contributed by atoms with Crippen LogP contribution in [0.3, 0.4) is 0 Å². The number of halogens is 1. The average Bonchev–Trinajstić information content (AvgIpc) is 3.26. The van der Waals surface area contributed by atoms with Gasteiger partial charge < -0.3 is 20.3 Å². The normalized spacial score (nSPS) is 17.6. The fraction of sp³-hybridized carbons (Fsp3) is 0.667. The van der Waals surface area contributed by atoms with Gasteiger partial charge in [0, 0.05) is 52.0 Å². The van der Waals surface area contributed by atoms with E-state index in [1.165, 1.54) is 5.56 Å². The molecular formula is C18H32IN9O. The molecule has 2 aromatic heterocycles. The van der Waals surface area contributed by atoms with E-state index in [9.17, 15) is 0 Å². The lowest BCUT2D eigenvalue weighted by Gasteiger charge is -2.28. The molecule has 3 rings (SSSR count). The van der Waals surface area contributed by atoms with Crippen LogP contribution < -0.4 is 10.6 Å². The maximum Gasteiger partial charge on any atom is 0.191 e. The number of hydrogen-bond acceptors (Lipinski definition) is 6. The van der Waals surface area contributed by atoms with Crippen LogP contribution in [0.15, 0.2) is 17.4 Å². The molecule has 0 spiro atoms. The quantitative estimate of drug-likeness (QED) is 0.315. The highest BCUT2D eigenvalue weighted by atomic mass is 127. The largest absolute Gasteiger partial charge is 0.377 e. The summed E-state index contributed by atoms with van der Waals surface area (Å²) in [5.41, 5.74) is 1.17. The number of ether oxygens (including phenoxy) is 1. The molecule has 1 aliphatic rings. The SMILES string of the molecule is CN=C(NCC(c1cnn(C)c1)N(C)C)NC1CCc2nc(COC)nn2C1.I. The number of aliphatic imine (C=N–C) groups is 1. The summed E-state index contributed by atoms with van der Waals surface area (Å²) < 4.78 is 8.93. The van der Waals surface area contributed by atoms with Crippen LogP contribution >= 0.6 is 24.0 Å². The molecule has 11 heteroatoms. The third-order valence-electron chi connectivity index (χ3n) is 4.94. The molecule has 2 N–H and O–H groups in total. The van der Waals surface area contributed by atoms with E-state index >= 15 is 0 Å². The van der Waals surface area contributed by atoms with Gasteiger partial charge >= 0.3 is 0 Å². The molecule has 2 atom stereocenters. The minimum Gasteiger partial charge on any atom is -0.377 e. The van der Waals surface area contributed by atoms with Crippen LogP contribution in [0.25, 0.3) is 0 Å². The van der Waals surface area contributed by atoms with Crippen LogP contribution in [0.2, 0.25) is 0 Å². The van der Waals surface area contributed by atoms with Crippen molar-refractivity contribution in [3.8, 4) is 0 Å². The summed E-state index contributed by atoms with van der Waals surface area (Å²) in [6.45, 7) is 1.95. The molecule has 29 heavy (non-hydrogen) atoms. The molecule has 0 amide bonds. The Morgan fingerprint density at radius 3 is 2.86 bits per heavy atom. The van der Waals surface area contributed by atoms with Crippen LogP contribution in [0, 0.1) is 0 Å². The van der Waals surface area contributed by atoms with Gasteiger partial charge in [-0.2, -0.15) is 10.2 Å². The van der Waals surface area contributed by atoms with Crippen molar-refractivity contribution in [1.82, 2.24) is 40.1 Å². The Morgan fingerprint density at radius 1 is 1.45 bits per heavy atom. The lowest BCUT2D eigenvalue weighted by Crippen LogP contribution is -2.48. The summed E-state index contributed by atoms with van der Waals surface area (Å²) >= 11 is 0. The van der Waals surface area contributed by atoms with Gasteiger partial charge in [-0.25, -0.2) is 9.67 Å². The Morgan fingerprint density at radius 2 is 2.24 bits per heavy atom. The first-order chi connectivity index (χ1) is 13.5. The molecule has 162 valence electrons. The van der Waals surface area contributed by atoms with Crippen LogP contribution in [0.1, 0.15) is 29.7 Å². The first kappa shape index (κ1) is 23.5. The van der Waals surface area contributed by atoms with Gasteiger partial charge in [0.1, 0.15) is 12.4 Å². The van der Waals surface area contributed by atoms with Gasteiger partial charge in [0.25, 0.3) is 0 Å². The van der Waals surface area contributed by atoms with E-state index < -0.39 is 0 Å². The van der Waals surface area contributed by atoms with Crippen LogP contribution in [-0.2, 0) is 31.4 Å². The predicted octanol–water partition coefficient (Wildman–Crippen LogP) is 0.559. The molecule has 0 bridgehead atoms. The molecule has 0 fully saturated rings. The minimum absolute atomic E-state index is 0. The van der Waals surface area contributed by atoms with Crippen LogP contribution in [0.5, 0.6) is 0 Å². The van der Waals surface area contributed by atoms with E-state index in [0.717, 1.165) is 43.5 Å². The van der Waals surface area contributed by atoms with Gasteiger partial charge in [0.05, 0.1) is 18.8 Å². The molecule has 10 nitrogen and oxygen atoms in total. The Labute approximate surface area is 189 Å². The standard InChI is InChI=1S/C18H31N9O.HI/c1-19-18(20-9-15(25(2)3)13-8-21-26(4)10-13)22-14-6-7-17-23-16(12-28-5)24-27(17)11-14;/h8,10,14-15H,6-7,9,11-12H2,1-5H3,(H2,19,20,22);1H. The second kappa shape index (κ2) is 10.9. The van der Waals surface area contributed by atoms with E-state index in [-0.39, 0.29) is 36.1 Å². The first-order valence-electron chi connectivity index (χ1n) is 9.53. The van der Waals surface area contributed by atoms with Crippen LogP contribution in [-0.4, -0.2) is 76.2 Å². The fourth-order valence-corrected chi connectivity index (χ4v) is 3.46. The smallest absolute Gasteiger partial charge is 0.191 e. The summed E-state index contributed by atoms with van der Waals surface area (Å²) in [4.78, 5) is 11.1. The molecule has 0 aliphatic carbocycles. The molecular weight excluding hydrogens is 485 g/mol. The van der Waals surface area contributed by atoms with Crippen LogP contribution in [0.4, 0.5) is 0 Å². The number of fused-ring (bicyclic) bond motifs is 1. The lowest BCUT2D eigenvalue weighted by atomic mass is 10.1. The van der Waals surface area contributed by atoms with Crippen molar-refractivity contribution in [2.24, 2.45) is 12.0 Å². The van der Waals surface area contributed by atoms with Crippen molar-refractivity contribution in [3.63, 3.8) is 0 Å². The number of hydrogen-bond donors (Lipinski definition) is 2. The third kappa shape index (κ3) is 6.12.